The molecule has 0 saturated heterocycles. The summed E-state index contributed by atoms with van der Waals surface area (Å²) in [5.41, 5.74) is 2.88. The lowest BCUT2D eigenvalue weighted by molar-refractivity contribution is 0.248. The van der Waals surface area contributed by atoms with Crippen molar-refractivity contribution in [1.82, 2.24) is 10.2 Å². The molecule has 0 spiro atoms. The van der Waals surface area contributed by atoms with E-state index in [1.54, 1.807) is 0 Å². The maximum absolute atomic E-state index is 3.58. The van der Waals surface area contributed by atoms with Crippen LogP contribution in [0.1, 0.15) is 37.3 Å². The number of nitrogens with zero attached hydrogens (tertiary/aromatic N) is 1. The molecule has 0 amide bonds. The fourth-order valence-electron chi connectivity index (χ4n) is 2.69. The van der Waals surface area contributed by atoms with E-state index in [1.807, 2.05) is 11.8 Å². The molecule has 1 atom stereocenters. The largest absolute Gasteiger partial charge is 0.314 e. The van der Waals surface area contributed by atoms with Crippen LogP contribution >= 0.6 is 11.8 Å². The third-order valence-electron chi connectivity index (χ3n) is 4.33. The average Bonchev–Trinajstić information content (AvgIpc) is 3.30. The number of nitrogens with one attached hydrogen (secondary N) is 1. The van der Waals surface area contributed by atoms with Gasteiger partial charge in [-0.3, -0.25) is 4.90 Å². The summed E-state index contributed by atoms with van der Waals surface area (Å²) >= 11 is 1.94. The lowest BCUT2D eigenvalue weighted by Crippen LogP contribution is -2.32. The Kier molecular flexibility index (Phi) is 7.08. The normalized spacial score (nSPS) is 16.4. The molecule has 0 aliphatic heterocycles. The summed E-state index contributed by atoms with van der Waals surface area (Å²) in [4.78, 5) is 2.49. The highest BCUT2D eigenvalue weighted by molar-refractivity contribution is 7.98. The minimum absolute atomic E-state index is 0.683. The van der Waals surface area contributed by atoms with Crippen LogP contribution in [-0.4, -0.2) is 42.6 Å². The van der Waals surface area contributed by atoms with E-state index in [2.05, 4.69) is 54.7 Å². The van der Waals surface area contributed by atoms with Gasteiger partial charge in [-0.05, 0) is 56.7 Å². The first-order valence-corrected chi connectivity index (χ1v) is 9.62. The van der Waals surface area contributed by atoms with Gasteiger partial charge in [-0.2, -0.15) is 11.8 Å². The van der Waals surface area contributed by atoms with Crippen LogP contribution in [0.3, 0.4) is 0 Å². The SMILES string of the molecule is CCC(CSC)N(C)Cc1ccc(CCNC2CC2)cc1. The molecular weight excluding hydrogens is 276 g/mol. The van der Waals surface area contributed by atoms with Gasteiger partial charge >= 0.3 is 0 Å². The molecule has 0 heterocycles. The Morgan fingerprint density at radius 2 is 1.90 bits per heavy atom. The van der Waals surface area contributed by atoms with Crippen molar-refractivity contribution < 1.29 is 0 Å². The summed E-state index contributed by atoms with van der Waals surface area (Å²) in [7, 11) is 2.25. The van der Waals surface area contributed by atoms with Crippen LogP contribution in [0.2, 0.25) is 0 Å². The molecule has 2 rings (SSSR count). The van der Waals surface area contributed by atoms with Crippen molar-refractivity contribution in [2.75, 3.05) is 25.6 Å². The smallest absolute Gasteiger partial charge is 0.0233 e. The number of benzene rings is 1. The highest BCUT2D eigenvalue weighted by Gasteiger charge is 2.19. The Hall–Kier alpha value is -0.510. The third kappa shape index (κ3) is 6.01. The van der Waals surface area contributed by atoms with Crippen molar-refractivity contribution in [2.45, 2.75) is 51.2 Å². The lowest BCUT2D eigenvalue weighted by Gasteiger charge is -2.26. The topological polar surface area (TPSA) is 15.3 Å². The highest BCUT2D eigenvalue weighted by Crippen LogP contribution is 2.18. The molecular formula is C18H30N2S. The van der Waals surface area contributed by atoms with Crippen molar-refractivity contribution in [2.24, 2.45) is 0 Å². The molecule has 3 heteroatoms. The lowest BCUT2D eigenvalue weighted by atomic mass is 10.1. The zero-order chi connectivity index (χ0) is 15.1. The predicted molar refractivity (Wildman–Crippen MR) is 95.1 cm³/mol. The summed E-state index contributed by atoms with van der Waals surface area (Å²) in [6.45, 7) is 4.46. The molecule has 1 unspecified atom stereocenters. The Morgan fingerprint density at radius 1 is 1.24 bits per heavy atom. The number of thioether (sulfide) groups is 1. The maximum atomic E-state index is 3.58. The van der Waals surface area contributed by atoms with Crippen molar-refractivity contribution in [3.8, 4) is 0 Å². The van der Waals surface area contributed by atoms with Gasteiger partial charge in [-0.1, -0.05) is 31.2 Å². The second kappa shape index (κ2) is 8.82. The average molecular weight is 307 g/mol. The fraction of sp³-hybridized carbons (Fsp3) is 0.667. The van der Waals surface area contributed by atoms with Crippen LogP contribution in [0.5, 0.6) is 0 Å². The summed E-state index contributed by atoms with van der Waals surface area (Å²) < 4.78 is 0. The molecule has 1 fully saturated rings. The van der Waals surface area contributed by atoms with Crippen LogP contribution < -0.4 is 5.32 Å². The van der Waals surface area contributed by atoms with E-state index in [-0.39, 0.29) is 0 Å². The van der Waals surface area contributed by atoms with Gasteiger partial charge in [0, 0.05) is 24.4 Å². The molecule has 1 aromatic carbocycles. The zero-order valence-corrected chi connectivity index (χ0v) is 14.6. The van der Waals surface area contributed by atoms with Crippen molar-refractivity contribution in [1.29, 1.82) is 0 Å². The van der Waals surface area contributed by atoms with Gasteiger partial charge in [-0.25, -0.2) is 0 Å². The van der Waals surface area contributed by atoms with Crippen molar-refractivity contribution >= 4 is 11.8 Å². The minimum atomic E-state index is 0.683. The molecule has 0 bridgehead atoms. The summed E-state index contributed by atoms with van der Waals surface area (Å²) in [5, 5.41) is 3.58. The Labute approximate surface area is 134 Å². The van der Waals surface area contributed by atoms with Crippen LogP contribution in [0.25, 0.3) is 0 Å². The molecule has 1 aliphatic carbocycles. The van der Waals surface area contributed by atoms with E-state index in [4.69, 9.17) is 0 Å². The van der Waals surface area contributed by atoms with Crippen LogP contribution in [0.15, 0.2) is 24.3 Å². The van der Waals surface area contributed by atoms with E-state index >= 15 is 0 Å². The van der Waals surface area contributed by atoms with Gasteiger partial charge in [0.25, 0.3) is 0 Å². The van der Waals surface area contributed by atoms with Crippen LogP contribution in [-0.2, 0) is 13.0 Å². The van der Waals surface area contributed by atoms with Gasteiger partial charge < -0.3 is 5.32 Å². The van der Waals surface area contributed by atoms with Gasteiger partial charge in [0.15, 0.2) is 0 Å². The number of hydrogen-bond donors (Lipinski definition) is 1. The van der Waals surface area contributed by atoms with E-state index in [0.717, 1.165) is 25.6 Å². The van der Waals surface area contributed by atoms with Gasteiger partial charge in [0.2, 0.25) is 0 Å². The number of hydrogen-bond acceptors (Lipinski definition) is 3. The first kappa shape index (κ1) is 16.9. The molecule has 0 aromatic heterocycles. The molecule has 0 radical (unpaired) electrons. The van der Waals surface area contributed by atoms with E-state index in [0.29, 0.717) is 6.04 Å². The first-order chi connectivity index (χ1) is 10.2. The third-order valence-corrected chi connectivity index (χ3v) is 5.05. The molecule has 1 aromatic rings. The second-order valence-electron chi connectivity index (χ2n) is 6.23. The minimum Gasteiger partial charge on any atom is -0.314 e. The van der Waals surface area contributed by atoms with E-state index in [9.17, 15) is 0 Å². The predicted octanol–water partition coefficient (Wildman–Crippen LogP) is 3.55. The molecule has 1 saturated carbocycles. The standard InChI is InChI=1S/C18H30N2S/c1-4-18(14-21-3)20(2)13-16-7-5-15(6-8-16)11-12-19-17-9-10-17/h5-8,17-19H,4,9-14H2,1-3H3. The van der Waals surface area contributed by atoms with Gasteiger partial charge in [-0.15, -0.1) is 0 Å². The Morgan fingerprint density at radius 3 is 2.48 bits per heavy atom. The van der Waals surface area contributed by atoms with Gasteiger partial charge in [0.05, 0.1) is 0 Å². The van der Waals surface area contributed by atoms with Crippen molar-refractivity contribution in [3.05, 3.63) is 35.4 Å². The molecule has 21 heavy (non-hydrogen) atoms. The Balaban J connectivity index is 1.77. The zero-order valence-electron chi connectivity index (χ0n) is 13.8. The monoisotopic (exact) mass is 306 g/mol. The van der Waals surface area contributed by atoms with Crippen LogP contribution in [0.4, 0.5) is 0 Å². The van der Waals surface area contributed by atoms with E-state index < -0.39 is 0 Å². The van der Waals surface area contributed by atoms with E-state index in [1.165, 1.54) is 36.1 Å². The van der Waals surface area contributed by atoms with Gasteiger partial charge in [0.1, 0.15) is 0 Å². The summed E-state index contributed by atoms with van der Waals surface area (Å²) in [6.07, 6.45) is 7.32. The first-order valence-electron chi connectivity index (χ1n) is 8.23. The quantitative estimate of drug-likeness (QED) is 0.711. The molecule has 1 N–H and O–H groups in total. The summed E-state index contributed by atoms with van der Waals surface area (Å²) in [6, 6.07) is 10.7. The molecule has 1 aliphatic rings. The maximum Gasteiger partial charge on any atom is 0.0233 e. The molecule has 118 valence electrons. The fourth-order valence-corrected chi connectivity index (χ4v) is 3.56. The second-order valence-corrected chi connectivity index (χ2v) is 7.14. The number of rotatable bonds is 10. The molecule has 2 nitrogen and oxygen atoms in total. The Bertz CT molecular complexity index is 400. The van der Waals surface area contributed by atoms with Crippen molar-refractivity contribution in [3.63, 3.8) is 0 Å². The van der Waals surface area contributed by atoms with Crippen LogP contribution in [0, 0.1) is 0 Å². The summed E-state index contributed by atoms with van der Waals surface area (Å²) in [5.74, 6) is 1.22. The highest BCUT2D eigenvalue weighted by atomic mass is 32.2.